The number of rotatable bonds is 3. The Balaban J connectivity index is 0. The molecule has 19 heavy (non-hydrogen) atoms. The van der Waals surface area contributed by atoms with Gasteiger partial charge in [0.2, 0.25) is 0 Å². The zero-order chi connectivity index (χ0) is 14.1. The summed E-state index contributed by atoms with van der Waals surface area (Å²) in [5.74, 6) is -0.272. The quantitative estimate of drug-likeness (QED) is 0.865. The summed E-state index contributed by atoms with van der Waals surface area (Å²) in [7, 11) is 6.21. The molecule has 1 aromatic carbocycles. The van der Waals surface area contributed by atoms with Crippen LogP contribution in [0.1, 0.15) is 10.4 Å². The molecule has 1 amide bonds. The first-order valence-corrected chi connectivity index (χ1v) is 5.70. The molecule has 0 heterocycles. The van der Waals surface area contributed by atoms with Crippen LogP contribution in [0.15, 0.2) is 18.2 Å². The van der Waals surface area contributed by atoms with E-state index < -0.39 is 0 Å². The van der Waals surface area contributed by atoms with Gasteiger partial charge in [0.25, 0.3) is 5.91 Å². The molecule has 0 unspecified atom stereocenters. The number of nitrogens with zero attached hydrogens (tertiary/aromatic N) is 1. The molecule has 0 aliphatic rings. The van der Waals surface area contributed by atoms with Crippen molar-refractivity contribution < 1.29 is 14.5 Å². The van der Waals surface area contributed by atoms with Crippen molar-refractivity contribution in [1.29, 1.82) is 0 Å². The third-order valence-corrected chi connectivity index (χ3v) is 2.67. The highest BCUT2D eigenvalue weighted by Gasteiger charge is 2.12. The van der Waals surface area contributed by atoms with Crippen molar-refractivity contribution in [3.8, 4) is 0 Å². The lowest BCUT2D eigenvalue weighted by Gasteiger charge is -2.13. The van der Waals surface area contributed by atoms with Crippen molar-refractivity contribution in [3.05, 3.63) is 33.8 Å². The summed E-state index contributed by atoms with van der Waals surface area (Å²) in [6.45, 7) is 0. The molecular weight excluding hydrogens is 314 g/mol. The van der Waals surface area contributed by atoms with Gasteiger partial charge in [0.15, 0.2) is 0 Å². The van der Waals surface area contributed by atoms with Gasteiger partial charge in [0.1, 0.15) is 0 Å². The second-order valence-electron chi connectivity index (χ2n) is 3.02. The van der Waals surface area contributed by atoms with Gasteiger partial charge in [-0.2, -0.15) is 0 Å². The van der Waals surface area contributed by atoms with E-state index in [9.17, 15) is 4.79 Å². The summed E-state index contributed by atoms with van der Waals surface area (Å²) in [5, 5.41) is 1.88. The van der Waals surface area contributed by atoms with Crippen LogP contribution in [0, 0.1) is 0 Å². The lowest BCUT2D eigenvalue weighted by atomic mass is 10.2. The van der Waals surface area contributed by atoms with Crippen LogP contribution in [0.25, 0.3) is 0 Å². The Morgan fingerprint density at radius 1 is 1.26 bits per heavy atom. The summed E-state index contributed by atoms with van der Waals surface area (Å²) < 4.78 is 0. The number of carbonyl (C=O) groups is 1. The highest BCUT2D eigenvalue weighted by molar-refractivity contribution is 6.42. The van der Waals surface area contributed by atoms with Gasteiger partial charge in [0.05, 0.1) is 24.3 Å². The van der Waals surface area contributed by atoms with Crippen LogP contribution in [0.5, 0.6) is 0 Å². The fraction of sp³-hybridized carbons (Fsp3) is 0.364. The molecule has 5 nitrogen and oxygen atoms in total. The molecule has 0 aromatic heterocycles. The molecule has 0 atom stereocenters. The average Bonchev–Trinajstić information content (AvgIpc) is 2.40. The van der Waals surface area contributed by atoms with Crippen molar-refractivity contribution in [3.63, 3.8) is 0 Å². The zero-order valence-corrected chi connectivity index (χ0v) is 13.4. The third kappa shape index (κ3) is 7.57. The summed E-state index contributed by atoms with van der Waals surface area (Å²) in [4.78, 5) is 20.6. The Bertz CT molecular complexity index is 389. The van der Waals surface area contributed by atoms with Crippen molar-refractivity contribution in [1.82, 2.24) is 10.5 Å². The molecule has 1 aromatic rings. The lowest BCUT2D eigenvalue weighted by molar-refractivity contribution is -0.0756. The predicted molar refractivity (Wildman–Crippen MR) is 78.9 cm³/mol. The number of carbonyl (C=O) groups excluding carboxylic acids is 1. The van der Waals surface area contributed by atoms with Crippen molar-refractivity contribution in [2.75, 3.05) is 28.3 Å². The Morgan fingerprint density at radius 3 is 2.16 bits per heavy atom. The van der Waals surface area contributed by atoms with Crippen LogP contribution in [0.2, 0.25) is 10.0 Å². The second kappa shape index (κ2) is 11.3. The van der Waals surface area contributed by atoms with Gasteiger partial charge >= 0.3 is 0 Å². The maximum atomic E-state index is 11.5. The zero-order valence-electron chi connectivity index (χ0n) is 11.1. The Morgan fingerprint density at radius 2 is 1.79 bits per heavy atom. The van der Waals surface area contributed by atoms with E-state index in [4.69, 9.17) is 28.0 Å². The van der Waals surface area contributed by atoms with Crippen molar-refractivity contribution in [2.24, 2.45) is 0 Å². The summed E-state index contributed by atoms with van der Waals surface area (Å²) >= 11 is 11.5. The SMILES string of the molecule is CNOC.CON(C)C(=O)c1ccc(Cl)c(Cl)c1.Cl. The van der Waals surface area contributed by atoms with Crippen molar-refractivity contribution in [2.45, 2.75) is 0 Å². The van der Waals surface area contributed by atoms with Crippen LogP contribution in [0.3, 0.4) is 0 Å². The van der Waals surface area contributed by atoms with Gasteiger partial charge in [-0.05, 0) is 18.2 Å². The summed E-state index contributed by atoms with van der Waals surface area (Å²) in [5.41, 5.74) is 2.86. The summed E-state index contributed by atoms with van der Waals surface area (Å²) in [6.07, 6.45) is 0. The first-order chi connectivity index (χ1) is 8.47. The van der Waals surface area contributed by atoms with Gasteiger partial charge < -0.3 is 4.84 Å². The van der Waals surface area contributed by atoms with E-state index in [1.165, 1.54) is 20.2 Å². The second-order valence-corrected chi connectivity index (χ2v) is 3.84. The molecule has 0 aliphatic heterocycles. The summed E-state index contributed by atoms with van der Waals surface area (Å²) in [6, 6.07) is 4.66. The van der Waals surface area contributed by atoms with E-state index in [0.29, 0.717) is 15.6 Å². The Labute approximate surface area is 129 Å². The molecule has 0 fully saturated rings. The normalized spacial score (nSPS) is 8.95. The predicted octanol–water partition coefficient (Wildman–Crippen LogP) is 2.82. The molecule has 0 saturated heterocycles. The van der Waals surface area contributed by atoms with Gasteiger partial charge in [-0.15, -0.1) is 12.4 Å². The minimum Gasteiger partial charge on any atom is -0.305 e. The van der Waals surface area contributed by atoms with Crippen LogP contribution in [-0.2, 0) is 9.68 Å². The van der Waals surface area contributed by atoms with E-state index in [1.54, 1.807) is 26.3 Å². The smallest absolute Gasteiger partial charge is 0.277 e. The van der Waals surface area contributed by atoms with E-state index >= 15 is 0 Å². The lowest BCUT2D eigenvalue weighted by Crippen LogP contribution is -2.25. The third-order valence-electron chi connectivity index (χ3n) is 1.93. The fourth-order valence-corrected chi connectivity index (χ4v) is 1.19. The van der Waals surface area contributed by atoms with Crippen LogP contribution in [-0.4, -0.2) is 39.3 Å². The standard InChI is InChI=1S/C9H9Cl2NO2.C2H7NO.ClH/c1-12(14-2)9(13)6-3-4-7(10)8(11)5-6;1-3-4-2;/h3-5H,1-2H3;3H,1-2H3;1H. The van der Waals surface area contributed by atoms with E-state index in [1.807, 2.05) is 0 Å². The highest BCUT2D eigenvalue weighted by Crippen LogP contribution is 2.23. The molecule has 1 N–H and O–H groups in total. The van der Waals surface area contributed by atoms with Crippen molar-refractivity contribution >= 4 is 41.5 Å². The largest absolute Gasteiger partial charge is 0.305 e. The van der Waals surface area contributed by atoms with Crippen LogP contribution >= 0.6 is 35.6 Å². The van der Waals surface area contributed by atoms with Gasteiger partial charge in [-0.3, -0.25) is 9.63 Å². The number of hydrogen-bond donors (Lipinski definition) is 1. The highest BCUT2D eigenvalue weighted by atomic mass is 35.5. The number of amides is 1. The molecule has 110 valence electrons. The number of benzene rings is 1. The van der Waals surface area contributed by atoms with Gasteiger partial charge in [-0.1, -0.05) is 23.2 Å². The molecule has 0 radical (unpaired) electrons. The molecule has 0 bridgehead atoms. The number of nitrogens with one attached hydrogen (secondary N) is 1. The Hall–Kier alpha value is -0.560. The minimum atomic E-state index is -0.272. The molecule has 1 rings (SSSR count). The number of halogens is 3. The molecular formula is C11H17Cl3N2O3. The monoisotopic (exact) mass is 330 g/mol. The number of hydroxylamine groups is 3. The minimum absolute atomic E-state index is 0. The molecule has 0 saturated carbocycles. The molecule has 0 aliphatic carbocycles. The average molecular weight is 332 g/mol. The van der Waals surface area contributed by atoms with Crippen LogP contribution < -0.4 is 5.48 Å². The first-order valence-electron chi connectivity index (χ1n) is 4.94. The van der Waals surface area contributed by atoms with Crippen LogP contribution in [0.4, 0.5) is 0 Å². The first kappa shape index (κ1) is 20.8. The topological polar surface area (TPSA) is 50.8 Å². The van der Waals surface area contributed by atoms with E-state index in [0.717, 1.165) is 5.06 Å². The van der Waals surface area contributed by atoms with E-state index in [-0.39, 0.29) is 18.3 Å². The maximum Gasteiger partial charge on any atom is 0.277 e. The van der Waals surface area contributed by atoms with Gasteiger partial charge in [0, 0.05) is 19.7 Å². The fourth-order valence-electron chi connectivity index (χ4n) is 0.894. The molecule has 8 heteroatoms. The maximum absolute atomic E-state index is 11.5. The number of hydrogen-bond acceptors (Lipinski definition) is 4. The van der Waals surface area contributed by atoms with E-state index in [2.05, 4.69) is 10.3 Å². The Kier molecular flexibility index (Phi) is 12.3. The van der Waals surface area contributed by atoms with Gasteiger partial charge in [-0.25, -0.2) is 10.5 Å². The molecule has 0 spiro atoms.